The van der Waals surface area contributed by atoms with Crippen molar-refractivity contribution in [1.29, 1.82) is 0 Å². The molecule has 0 spiro atoms. The molecule has 1 aromatic carbocycles. The molecule has 3 nitrogen and oxygen atoms in total. The first kappa shape index (κ1) is 12.1. The SMILES string of the molecule is CNCc1cnc(CSc2ccc(F)cc2)[nH]1. The van der Waals surface area contributed by atoms with Gasteiger partial charge < -0.3 is 10.3 Å². The molecule has 0 radical (unpaired) electrons. The Morgan fingerprint density at radius 1 is 1.35 bits per heavy atom. The highest BCUT2D eigenvalue weighted by atomic mass is 32.2. The Labute approximate surface area is 104 Å². The van der Waals surface area contributed by atoms with Gasteiger partial charge in [-0.05, 0) is 31.3 Å². The first-order valence-corrected chi connectivity index (χ1v) is 6.32. The summed E-state index contributed by atoms with van der Waals surface area (Å²) >= 11 is 1.63. The number of aromatic nitrogens is 2. The molecule has 0 aliphatic rings. The van der Waals surface area contributed by atoms with Crippen LogP contribution in [0.1, 0.15) is 11.5 Å². The number of imidazole rings is 1. The molecule has 2 N–H and O–H groups in total. The van der Waals surface area contributed by atoms with Crippen LogP contribution in [0.4, 0.5) is 4.39 Å². The molecule has 90 valence electrons. The van der Waals surface area contributed by atoms with E-state index in [1.54, 1.807) is 23.9 Å². The molecule has 1 heterocycles. The number of hydrogen-bond acceptors (Lipinski definition) is 3. The summed E-state index contributed by atoms with van der Waals surface area (Å²) in [5, 5.41) is 3.06. The third-order valence-corrected chi connectivity index (χ3v) is 3.26. The van der Waals surface area contributed by atoms with Crippen molar-refractivity contribution in [2.24, 2.45) is 0 Å². The molecule has 1 aromatic heterocycles. The first-order valence-electron chi connectivity index (χ1n) is 5.33. The molecule has 0 bridgehead atoms. The second kappa shape index (κ2) is 5.84. The van der Waals surface area contributed by atoms with Gasteiger partial charge >= 0.3 is 0 Å². The van der Waals surface area contributed by atoms with E-state index in [1.807, 2.05) is 13.2 Å². The number of rotatable bonds is 5. The topological polar surface area (TPSA) is 40.7 Å². The van der Waals surface area contributed by atoms with E-state index in [9.17, 15) is 4.39 Å². The number of hydrogen-bond donors (Lipinski definition) is 2. The largest absolute Gasteiger partial charge is 0.344 e. The predicted molar refractivity (Wildman–Crippen MR) is 67.3 cm³/mol. The Balaban J connectivity index is 1.90. The summed E-state index contributed by atoms with van der Waals surface area (Å²) in [7, 11) is 1.90. The lowest BCUT2D eigenvalue weighted by atomic mass is 10.4. The zero-order chi connectivity index (χ0) is 12.1. The van der Waals surface area contributed by atoms with E-state index in [1.165, 1.54) is 12.1 Å². The Hall–Kier alpha value is -1.33. The smallest absolute Gasteiger partial charge is 0.123 e. The zero-order valence-electron chi connectivity index (χ0n) is 9.53. The van der Waals surface area contributed by atoms with Gasteiger partial charge in [-0.25, -0.2) is 9.37 Å². The summed E-state index contributed by atoms with van der Waals surface area (Å²) in [4.78, 5) is 8.54. The van der Waals surface area contributed by atoms with Crippen LogP contribution in [0.25, 0.3) is 0 Å². The van der Waals surface area contributed by atoms with Crippen LogP contribution in [0.3, 0.4) is 0 Å². The third-order valence-electron chi connectivity index (χ3n) is 2.24. The van der Waals surface area contributed by atoms with Gasteiger partial charge in [0.15, 0.2) is 0 Å². The Bertz CT molecular complexity index is 467. The van der Waals surface area contributed by atoms with Crippen molar-refractivity contribution in [3.63, 3.8) is 0 Å². The van der Waals surface area contributed by atoms with E-state index < -0.39 is 0 Å². The fourth-order valence-electron chi connectivity index (χ4n) is 1.44. The van der Waals surface area contributed by atoms with Crippen LogP contribution >= 0.6 is 11.8 Å². The zero-order valence-corrected chi connectivity index (χ0v) is 10.4. The monoisotopic (exact) mass is 251 g/mol. The quantitative estimate of drug-likeness (QED) is 0.802. The van der Waals surface area contributed by atoms with Crippen molar-refractivity contribution in [2.75, 3.05) is 7.05 Å². The fraction of sp³-hybridized carbons (Fsp3) is 0.250. The maximum Gasteiger partial charge on any atom is 0.123 e. The average molecular weight is 251 g/mol. The van der Waals surface area contributed by atoms with Crippen LogP contribution in [0.15, 0.2) is 35.4 Å². The minimum atomic E-state index is -0.205. The normalized spacial score (nSPS) is 10.7. The Morgan fingerprint density at radius 2 is 2.12 bits per heavy atom. The van der Waals surface area contributed by atoms with Gasteiger partial charge in [0.25, 0.3) is 0 Å². The molecule has 0 saturated carbocycles. The average Bonchev–Trinajstić information content (AvgIpc) is 2.77. The number of aromatic amines is 1. The second-order valence-corrected chi connectivity index (χ2v) is 4.68. The Morgan fingerprint density at radius 3 is 2.82 bits per heavy atom. The van der Waals surface area contributed by atoms with Gasteiger partial charge in [-0.2, -0.15) is 0 Å². The lowest BCUT2D eigenvalue weighted by molar-refractivity contribution is 0.626. The number of H-pyrrole nitrogens is 1. The first-order chi connectivity index (χ1) is 8.28. The van der Waals surface area contributed by atoms with E-state index in [-0.39, 0.29) is 5.82 Å². The summed E-state index contributed by atoms with van der Waals surface area (Å²) in [6, 6.07) is 6.49. The lowest BCUT2D eigenvalue weighted by Gasteiger charge is -1.99. The van der Waals surface area contributed by atoms with Crippen LogP contribution in [-0.2, 0) is 12.3 Å². The third kappa shape index (κ3) is 3.57. The van der Waals surface area contributed by atoms with Gasteiger partial charge in [0, 0.05) is 23.3 Å². The Kier molecular flexibility index (Phi) is 4.17. The number of benzene rings is 1. The molecule has 17 heavy (non-hydrogen) atoms. The highest BCUT2D eigenvalue weighted by Gasteiger charge is 2.01. The van der Waals surface area contributed by atoms with Crippen LogP contribution in [0.2, 0.25) is 0 Å². The van der Waals surface area contributed by atoms with Crippen LogP contribution in [0.5, 0.6) is 0 Å². The molecule has 0 aliphatic carbocycles. The molecular formula is C12H14FN3S. The molecule has 0 aliphatic heterocycles. The van der Waals surface area contributed by atoms with E-state index in [4.69, 9.17) is 0 Å². The van der Waals surface area contributed by atoms with Crippen molar-refractivity contribution < 1.29 is 4.39 Å². The standard InChI is InChI=1S/C12H14FN3S/c1-14-6-10-7-15-12(16-10)8-17-11-4-2-9(13)3-5-11/h2-5,7,14H,6,8H2,1H3,(H,15,16). The van der Waals surface area contributed by atoms with Crippen LogP contribution in [0, 0.1) is 5.82 Å². The maximum absolute atomic E-state index is 12.7. The van der Waals surface area contributed by atoms with Gasteiger partial charge in [-0.3, -0.25) is 0 Å². The highest BCUT2D eigenvalue weighted by molar-refractivity contribution is 7.98. The van der Waals surface area contributed by atoms with Crippen molar-refractivity contribution in [1.82, 2.24) is 15.3 Å². The number of nitrogens with zero attached hydrogens (tertiary/aromatic N) is 1. The van der Waals surface area contributed by atoms with E-state index in [2.05, 4.69) is 15.3 Å². The molecule has 0 atom stereocenters. The molecule has 0 fully saturated rings. The summed E-state index contributed by atoms with van der Waals surface area (Å²) in [6.07, 6.45) is 1.83. The van der Waals surface area contributed by atoms with E-state index in [0.29, 0.717) is 0 Å². The fourth-order valence-corrected chi connectivity index (χ4v) is 2.22. The summed E-state index contributed by atoms with van der Waals surface area (Å²) in [6.45, 7) is 0.786. The van der Waals surface area contributed by atoms with Gasteiger partial charge in [0.05, 0.1) is 5.75 Å². The molecule has 2 rings (SSSR count). The lowest BCUT2D eigenvalue weighted by Crippen LogP contribution is -2.05. The summed E-state index contributed by atoms with van der Waals surface area (Å²) in [5.41, 5.74) is 1.07. The van der Waals surface area contributed by atoms with Crippen molar-refractivity contribution in [3.8, 4) is 0 Å². The molecule has 0 saturated heterocycles. The summed E-state index contributed by atoms with van der Waals surface area (Å²) in [5.74, 6) is 1.49. The van der Waals surface area contributed by atoms with Gasteiger partial charge in [-0.15, -0.1) is 11.8 Å². The molecule has 2 aromatic rings. The van der Waals surface area contributed by atoms with Crippen molar-refractivity contribution in [3.05, 3.63) is 47.8 Å². The highest BCUT2D eigenvalue weighted by Crippen LogP contribution is 2.21. The maximum atomic E-state index is 12.7. The minimum Gasteiger partial charge on any atom is -0.344 e. The van der Waals surface area contributed by atoms with Crippen LogP contribution < -0.4 is 5.32 Å². The number of thioether (sulfide) groups is 1. The van der Waals surface area contributed by atoms with Gasteiger partial charge in [0.1, 0.15) is 11.6 Å². The van der Waals surface area contributed by atoms with E-state index >= 15 is 0 Å². The van der Waals surface area contributed by atoms with Crippen molar-refractivity contribution >= 4 is 11.8 Å². The molecule has 0 unspecified atom stereocenters. The second-order valence-electron chi connectivity index (χ2n) is 3.63. The number of halogens is 1. The van der Waals surface area contributed by atoms with Gasteiger partial charge in [-0.1, -0.05) is 0 Å². The van der Waals surface area contributed by atoms with E-state index in [0.717, 1.165) is 28.7 Å². The molecular weight excluding hydrogens is 237 g/mol. The minimum absolute atomic E-state index is 0.205. The molecule has 0 amide bonds. The van der Waals surface area contributed by atoms with Crippen molar-refractivity contribution in [2.45, 2.75) is 17.2 Å². The van der Waals surface area contributed by atoms with Gasteiger partial charge in [0.2, 0.25) is 0 Å². The summed E-state index contributed by atoms with van der Waals surface area (Å²) < 4.78 is 12.7. The predicted octanol–water partition coefficient (Wildman–Crippen LogP) is 2.56. The molecule has 5 heteroatoms. The number of nitrogens with one attached hydrogen (secondary N) is 2. The van der Waals surface area contributed by atoms with Crippen LogP contribution in [-0.4, -0.2) is 17.0 Å².